The number of rotatable bonds is 2. The van der Waals surface area contributed by atoms with Crippen molar-refractivity contribution in [3.63, 3.8) is 0 Å². The zero-order chi connectivity index (χ0) is 16.6. The maximum atomic E-state index is 12.3. The zero-order valence-electron chi connectivity index (χ0n) is 11.4. The Hall–Kier alpha value is -2.57. The molecule has 116 valence electrons. The zero-order valence-corrected chi connectivity index (χ0v) is 12.9. The molecule has 8 heteroatoms. The van der Waals surface area contributed by atoms with E-state index in [0.717, 1.165) is 0 Å². The van der Waals surface area contributed by atoms with Gasteiger partial charge >= 0.3 is 0 Å². The molecule has 0 spiro atoms. The second kappa shape index (κ2) is 5.91. The molecule has 0 radical (unpaired) electrons. The van der Waals surface area contributed by atoms with Crippen molar-refractivity contribution in [1.82, 2.24) is 9.97 Å². The van der Waals surface area contributed by atoms with E-state index >= 15 is 0 Å². The first-order chi connectivity index (χ1) is 11.0. The summed E-state index contributed by atoms with van der Waals surface area (Å²) >= 11 is 11.6. The van der Waals surface area contributed by atoms with E-state index in [4.69, 9.17) is 23.2 Å². The van der Waals surface area contributed by atoms with Crippen molar-refractivity contribution >= 4 is 45.7 Å². The highest BCUT2D eigenvalue weighted by molar-refractivity contribution is 6.37. The second-order valence-corrected chi connectivity index (χ2v) is 5.49. The quantitative estimate of drug-likeness (QED) is 0.662. The van der Waals surface area contributed by atoms with Gasteiger partial charge in [0.25, 0.3) is 11.5 Å². The summed E-state index contributed by atoms with van der Waals surface area (Å²) < 4.78 is 0. The molecule has 0 aliphatic rings. The lowest BCUT2D eigenvalue weighted by Gasteiger charge is -2.09. The number of aromatic amines is 1. The van der Waals surface area contributed by atoms with Gasteiger partial charge in [0.15, 0.2) is 5.75 Å². The van der Waals surface area contributed by atoms with E-state index in [1.165, 1.54) is 18.5 Å². The first-order valence-electron chi connectivity index (χ1n) is 6.43. The maximum absolute atomic E-state index is 12.3. The van der Waals surface area contributed by atoms with Crippen molar-refractivity contribution < 1.29 is 9.90 Å². The van der Waals surface area contributed by atoms with Crippen LogP contribution in [0.4, 0.5) is 5.69 Å². The van der Waals surface area contributed by atoms with Crippen molar-refractivity contribution in [1.29, 1.82) is 0 Å². The van der Waals surface area contributed by atoms with Crippen molar-refractivity contribution in [2.45, 2.75) is 0 Å². The summed E-state index contributed by atoms with van der Waals surface area (Å²) in [5, 5.41) is 12.3. The number of phenolic OH excluding ortho intramolecular Hbond substituents is 1. The van der Waals surface area contributed by atoms with Gasteiger partial charge in [-0.2, -0.15) is 0 Å². The molecule has 6 nitrogen and oxygen atoms in total. The molecule has 0 atom stereocenters. The van der Waals surface area contributed by atoms with E-state index in [-0.39, 0.29) is 32.3 Å². The summed E-state index contributed by atoms with van der Waals surface area (Å²) in [5.41, 5.74) is 0.540. The number of halogens is 2. The number of nitrogens with zero attached hydrogens (tertiary/aromatic N) is 1. The van der Waals surface area contributed by atoms with Crippen LogP contribution >= 0.6 is 23.2 Å². The second-order valence-electron chi connectivity index (χ2n) is 4.67. The van der Waals surface area contributed by atoms with E-state index in [1.807, 2.05) is 0 Å². The highest BCUT2D eigenvalue weighted by Gasteiger charge is 2.14. The Morgan fingerprint density at radius 2 is 1.91 bits per heavy atom. The van der Waals surface area contributed by atoms with Crippen LogP contribution in [0.15, 0.2) is 41.5 Å². The van der Waals surface area contributed by atoms with Gasteiger partial charge in [-0.25, -0.2) is 4.98 Å². The number of aromatic hydroxyl groups is 1. The van der Waals surface area contributed by atoms with Gasteiger partial charge in [-0.15, -0.1) is 0 Å². The minimum atomic E-state index is -0.524. The molecule has 0 saturated carbocycles. The number of benzene rings is 2. The lowest BCUT2D eigenvalue weighted by Crippen LogP contribution is -2.15. The molecule has 0 bridgehead atoms. The third-order valence-electron chi connectivity index (χ3n) is 3.20. The number of amides is 1. The normalized spacial score (nSPS) is 10.7. The molecule has 0 saturated heterocycles. The molecule has 1 aromatic heterocycles. The Kier molecular flexibility index (Phi) is 3.94. The minimum absolute atomic E-state index is 0.0416. The summed E-state index contributed by atoms with van der Waals surface area (Å²) in [4.78, 5) is 30.8. The Bertz CT molecular complexity index is 957. The van der Waals surface area contributed by atoms with Crippen LogP contribution < -0.4 is 10.9 Å². The van der Waals surface area contributed by atoms with E-state index in [0.29, 0.717) is 11.2 Å². The Morgan fingerprint density at radius 3 is 2.61 bits per heavy atom. The van der Waals surface area contributed by atoms with Crippen LogP contribution in [-0.2, 0) is 0 Å². The Morgan fingerprint density at radius 1 is 1.22 bits per heavy atom. The van der Waals surface area contributed by atoms with Gasteiger partial charge in [-0.05, 0) is 24.3 Å². The number of phenols is 1. The summed E-state index contributed by atoms with van der Waals surface area (Å²) in [6.07, 6.45) is 1.29. The molecule has 1 amide bonds. The van der Waals surface area contributed by atoms with Gasteiger partial charge in [0.2, 0.25) is 0 Å². The van der Waals surface area contributed by atoms with Crippen molar-refractivity contribution in [3.8, 4) is 5.75 Å². The topological polar surface area (TPSA) is 95.1 Å². The SMILES string of the molecule is O=C(Nc1cccc2nc[nH]c(=O)c12)c1cc(Cl)c(O)c(Cl)c1. The van der Waals surface area contributed by atoms with Crippen LogP contribution in [0, 0.1) is 0 Å². The molecular formula is C15H9Cl2N3O3. The lowest BCUT2D eigenvalue weighted by molar-refractivity contribution is 0.102. The van der Waals surface area contributed by atoms with Crippen LogP contribution in [0.1, 0.15) is 10.4 Å². The fourth-order valence-corrected chi connectivity index (χ4v) is 2.60. The monoisotopic (exact) mass is 349 g/mol. The molecule has 0 unspecified atom stereocenters. The van der Waals surface area contributed by atoms with Crippen molar-refractivity contribution in [3.05, 3.63) is 62.6 Å². The molecule has 3 N–H and O–H groups in total. The van der Waals surface area contributed by atoms with E-state index in [1.54, 1.807) is 18.2 Å². The third kappa shape index (κ3) is 2.86. The molecule has 1 heterocycles. The van der Waals surface area contributed by atoms with E-state index in [9.17, 15) is 14.7 Å². The van der Waals surface area contributed by atoms with Gasteiger partial charge in [-0.1, -0.05) is 29.3 Å². The number of carbonyl (C=O) groups excluding carboxylic acids is 1. The molecule has 0 fully saturated rings. The number of aromatic nitrogens is 2. The largest absolute Gasteiger partial charge is 0.505 e. The average Bonchev–Trinajstić information content (AvgIpc) is 2.52. The van der Waals surface area contributed by atoms with Gasteiger partial charge in [0.1, 0.15) is 0 Å². The number of anilines is 1. The lowest BCUT2D eigenvalue weighted by atomic mass is 10.1. The minimum Gasteiger partial charge on any atom is -0.505 e. The van der Waals surface area contributed by atoms with Crippen molar-refractivity contribution in [2.24, 2.45) is 0 Å². The molecule has 3 rings (SSSR count). The van der Waals surface area contributed by atoms with Crippen LogP contribution in [0.25, 0.3) is 10.9 Å². The van der Waals surface area contributed by atoms with Gasteiger partial charge in [0.05, 0.1) is 33.0 Å². The average molecular weight is 350 g/mol. The number of carbonyl (C=O) groups is 1. The molecule has 3 aromatic rings. The fraction of sp³-hybridized carbons (Fsp3) is 0. The van der Waals surface area contributed by atoms with Gasteiger partial charge in [-0.3, -0.25) is 9.59 Å². The van der Waals surface area contributed by atoms with Gasteiger partial charge < -0.3 is 15.4 Å². The molecule has 0 aliphatic carbocycles. The Labute approximate surface area is 139 Å². The summed E-state index contributed by atoms with van der Waals surface area (Å²) in [7, 11) is 0. The van der Waals surface area contributed by atoms with E-state index < -0.39 is 5.91 Å². The summed E-state index contributed by atoms with van der Waals surface area (Å²) in [6.45, 7) is 0. The number of fused-ring (bicyclic) bond motifs is 1. The van der Waals surface area contributed by atoms with Crippen LogP contribution in [0.3, 0.4) is 0 Å². The van der Waals surface area contributed by atoms with E-state index in [2.05, 4.69) is 15.3 Å². The number of H-pyrrole nitrogens is 1. The predicted molar refractivity (Wildman–Crippen MR) is 88.4 cm³/mol. The highest BCUT2D eigenvalue weighted by atomic mass is 35.5. The molecule has 2 aromatic carbocycles. The smallest absolute Gasteiger partial charge is 0.260 e. The number of hydrogen-bond acceptors (Lipinski definition) is 4. The Balaban J connectivity index is 2.03. The first kappa shape index (κ1) is 15.3. The first-order valence-corrected chi connectivity index (χ1v) is 7.18. The van der Waals surface area contributed by atoms with Gasteiger partial charge in [0, 0.05) is 5.56 Å². The van der Waals surface area contributed by atoms with Crippen LogP contribution in [0.5, 0.6) is 5.75 Å². The maximum Gasteiger partial charge on any atom is 0.260 e. The standard InChI is InChI=1S/C15H9Cl2N3O3/c16-8-4-7(5-9(17)13(8)21)14(22)20-11-3-1-2-10-12(11)15(23)19-6-18-10/h1-6,21H,(H,20,22)(H,18,19,23). The number of hydrogen-bond donors (Lipinski definition) is 3. The number of nitrogens with one attached hydrogen (secondary N) is 2. The highest BCUT2D eigenvalue weighted by Crippen LogP contribution is 2.33. The molecule has 23 heavy (non-hydrogen) atoms. The third-order valence-corrected chi connectivity index (χ3v) is 3.77. The van der Waals surface area contributed by atoms with Crippen LogP contribution in [0.2, 0.25) is 10.0 Å². The van der Waals surface area contributed by atoms with Crippen LogP contribution in [-0.4, -0.2) is 21.0 Å². The molecule has 0 aliphatic heterocycles. The summed E-state index contributed by atoms with van der Waals surface area (Å²) in [5.74, 6) is -0.819. The fourth-order valence-electron chi connectivity index (χ4n) is 2.11. The molecular weight excluding hydrogens is 341 g/mol. The predicted octanol–water partition coefficient (Wildman–Crippen LogP) is 3.19. The summed E-state index contributed by atoms with van der Waals surface area (Å²) in [6, 6.07) is 7.48. The van der Waals surface area contributed by atoms with Crippen molar-refractivity contribution in [2.75, 3.05) is 5.32 Å².